The highest BCUT2D eigenvalue weighted by atomic mass is 19.2. The zero-order valence-electron chi connectivity index (χ0n) is 27.9. The number of fused-ring (bicyclic) bond motifs is 3. The Morgan fingerprint density at radius 2 is 0.913 bits per heavy atom. The molecule has 0 saturated heterocycles. The summed E-state index contributed by atoms with van der Waals surface area (Å²) in [7, 11) is 0. The van der Waals surface area contributed by atoms with Gasteiger partial charge in [-0.3, -0.25) is 15.0 Å². The highest BCUT2D eigenvalue weighted by molar-refractivity contribution is 5.80. The number of nitrogens with zero attached hydrogens (tertiary/aromatic N) is 3. The molecule has 0 amide bonds. The largest absolute Gasteiger partial charge is 0.252 e. The van der Waals surface area contributed by atoms with Gasteiger partial charge in [0.25, 0.3) is 0 Å². The molecule has 46 heavy (non-hydrogen) atoms. The van der Waals surface area contributed by atoms with Gasteiger partial charge < -0.3 is 0 Å². The Labute approximate surface area is 268 Å². The van der Waals surface area contributed by atoms with E-state index in [1.807, 2.05) is 45.0 Å². The van der Waals surface area contributed by atoms with E-state index in [1.165, 1.54) is 24.3 Å². The second-order valence-electron chi connectivity index (χ2n) is 14.4. The van der Waals surface area contributed by atoms with Crippen LogP contribution in [0.4, 0.5) is 17.6 Å². The van der Waals surface area contributed by atoms with Gasteiger partial charge in [0.15, 0.2) is 11.6 Å². The number of benzene rings is 3. The van der Waals surface area contributed by atoms with Gasteiger partial charge in [-0.05, 0) is 72.8 Å². The summed E-state index contributed by atoms with van der Waals surface area (Å²) in [6.07, 6.45) is 0. The molecule has 3 nitrogen and oxygen atoms in total. The Balaban J connectivity index is 0.000000157. The SMILES string of the molecule is CC(C)(C)c1ccc2c(F)c(F)ccc2n1.CC(C)(C)c1ccc2c(F)cccc2n1.CC(C)(C)c1ccc2cc(F)ccc2n1. The van der Waals surface area contributed by atoms with Crippen molar-refractivity contribution in [3.8, 4) is 0 Å². The Morgan fingerprint density at radius 1 is 0.435 bits per heavy atom. The van der Waals surface area contributed by atoms with Crippen molar-refractivity contribution in [3.05, 3.63) is 125 Å². The molecule has 0 atom stereocenters. The summed E-state index contributed by atoms with van der Waals surface area (Å²) >= 11 is 0. The molecular weight excluding hydrogens is 586 g/mol. The lowest BCUT2D eigenvalue weighted by atomic mass is 9.91. The Bertz CT molecular complexity index is 2000. The van der Waals surface area contributed by atoms with Crippen LogP contribution < -0.4 is 0 Å². The van der Waals surface area contributed by atoms with Gasteiger partial charge in [0.05, 0.1) is 16.6 Å². The van der Waals surface area contributed by atoms with Gasteiger partial charge in [-0.2, -0.15) is 0 Å². The number of aromatic nitrogens is 3. The first-order valence-electron chi connectivity index (χ1n) is 15.2. The minimum absolute atomic E-state index is 0.000504. The standard InChI is InChI=1S/C13H13F2N.2C13H14FN/c1-13(2,3)11-7-4-8-10(16-11)6-5-9(14)12(8)15;1-13(2,3)12-7-4-9-8-10(14)5-6-11(9)15-12;1-13(2,3)12-8-7-9-10(14)5-4-6-11(9)15-12/h4-7H,1-3H3;2*4-8H,1-3H3. The number of rotatable bonds is 0. The van der Waals surface area contributed by atoms with Crippen molar-refractivity contribution in [2.75, 3.05) is 0 Å². The van der Waals surface area contributed by atoms with Gasteiger partial charge in [-0.15, -0.1) is 0 Å². The predicted molar refractivity (Wildman–Crippen MR) is 181 cm³/mol. The Hall–Kier alpha value is -4.39. The van der Waals surface area contributed by atoms with Crippen LogP contribution in [0.25, 0.3) is 32.7 Å². The van der Waals surface area contributed by atoms with Crippen LogP contribution in [0.15, 0.2) is 84.9 Å². The molecule has 0 aliphatic heterocycles. The molecular formula is C39H41F4N3. The molecule has 0 unspecified atom stereocenters. The Morgan fingerprint density at radius 3 is 1.48 bits per heavy atom. The van der Waals surface area contributed by atoms with Crippen LogP contribution in [0, 0.1) is 23.3 Å². The van der Waals surface area contributed by atoms with Crippen molar-refractivity contribution in [3.63, 3.8) is 0 Å². The number of hydrogen-bond acceptors (Lipinski definition) is 3. The van der Waals surface area contributed by atoms with Gasteiger partial charge in [-0.25, -0.2) is 17.6 Å². The van der Waals surface area contributed by atoms with Crippen molar-refractivity contribution in [1.29, 1.82) is 0 Å². The fourth-order valence-corrected chi connectivity index (χ4v) is 4.61. The van der Waals surface area contributed by atoms with Crippen LogP contribution in [0.3, 0.4) is 0 Å². The summed E-state index contributed by atoms with van der Waals surface area (Å²) < 4.78 is 52.7. The van der Waals surface area contributed by atoms with Gasteiger partial charge in [0, 0.05) is 49.5 Å². The fourth-order valence-electron chi connectivity index (χ4n) is 4.61. The smallest absolute Gasteiger partial charge is 0.168 e. The first-order chi connectivity index (χ1) is 21.3. The zero-order chi connectivity index (χ0) is 34.0. The Kier molecular flexibility index (Phi) is 9.86. The number of hydrogen-bond donors (Lipinski definition) is 0. The highest BCUT2D eigenvalue weighted by Crippen LogP contribution is 2.26. The summed E-state index contributed by atoms with van der Waals surface area (Å²) in [4.78, 5) is 13.3. The number of pyridine rings is 3. The first kappa shape index (κ1) is 34.5. The predicted octanol–water partition coefficient (Wildman–Crippen LogP) is 11.2. The van der Waals surface area contributed by atoms with Gasteiger partial charge in [-0.1, -0.05) is 74.4 Å². The van der Waals surface area contributed by atoms with Crippen LogP contribution in [0.2, 0.25) is 0 Å². The highest BCUT2D eigenvalue weighted by Gasteiger charge is 2.18. The summed E-state index contributed by atoms with van der Waals surface area (Å²) in [6.45, 7) is 18.7. The molecule has 7 heteroatoms. The molecule has 3 heterocycles. The average molecular weight is 628 g/mol. The maximum absolute atomic E-state index is 13.4. The van der Waals surface area contributed by atoms with Crippen molar-refractivity contribution >= 4 is 32.7 Å². The maximum Gasteiger partial charge on any atom is 0.168 e. The molecule has 0 radical (unpaired) electrons. The van der Waals surface area contributed by atoms with Crippen LogP contribution in [-0.4, -0.2) is 15.0 Å². The van der Waals surface area contributed by atoms with Gasteiger partial charge in [0.2, 0.25) is 0 Å². The minimum atomic E-state index is -0.835. The monoisotopic (exact) mass is 627 g/mol. The van der Waals surface area contributed by atoms with E-state index in [0.717, 1.165) is 39.6 Å². The van der Waals surface area contributed by atoms with Gasteiger partial charge in [0.1, 0.15) is 11.6 Å². The van der Waals surface area contributed by atoms with Crippen LogP contribution in [0.1, 0.15) is 79.4 Å². The van der Waals surface area contributed by atoms with E-state index in [0.29, 0.717) is 10.9 Å². The molecule has 0 N–H and O–H groups in total. The van der Waals surface area contributed by atoms with Crippen molar-refractivity contribution in [2.45, 2.75) is 78.6 Å². The lowest BCUT2D eigenvalue weighted by molar-refractivity contribution is 0.516. The summed E-state index contributed by atoms with van der Waals surface area (Å²) in [6, 6.07) is 23.2. The lowest BCUT2D eigenvalue weighted by Gasteiger charge is -2.18. The summed E-state index contributed by atoms with van der Waals surface area (Å²) in [5.41, 5.74) is 4.88. The average Bonchev–Trinajstić information content (AvgIpc) is 2.98. The van der Waals surface area contributed by atoms with E-state index in [1.54, 1.807) is 30.3 Å². The van der Waals surface area contributed by atoms with E-state index >= 15 is 0 Å². The van der Waals surface area contributed by atoms with E-state index in [-0.39, 0.29) is 33.3 Å². The zero-order valence-corrected chi connectivity index (χ0v) is 27.9. The molecule has 0 aliphatic rings. The first-order valence-corrected chi connectivity index (χ1v) is 15.2. The third kappa shape index (κ3) is 8.25. The topological polar surface area (TPSA) is 38.7 Å². The normalized spacial score (nSPS) is 12.0. The second-order valence-corrected chi connectivity index (χ2v) is 14.4. The molecule has 0 bridgehead atoms. The lowest BCUT2D eigenvalue weighted by Crippen LogP contribution is -2.13. The van der Waals surface area contributed by atoms with E-state index < -0.39 is 11.6 Å². The third-order valence-corrected chi connectivity index (χ3v) is 7.39. The minimum Gasteiger partial charge on any atom is -0.252 e. The van der Waals surface area contributed by atoms with Crippen LogP contribution in [0.5, 0.6) is 0 Å². The fraction of sp³-hybridized carbons (Fsp3) is 0.308. The molecule has 6 aromatic rings. The second kappa shape index (κ2) is 13.1. The maximum atomic E-state index is 13.4. The van der Waals surface area contributed by atoms with Gasteiger partial charge >= 0.3 is 0 Å². The molecule has 0 saturated carbocycles. The molecule has 0 aliphatic carbocycles. The van der Waals surface area contributed by atoms with Crippen LogP contribution in [-0.2, 0) is 16.2 Å². The molecule has 3 aromatic heterocycles. The quantitative estimate of drug-likeness (QED) is 0.157. The molecule has 0 spiro atoms. The molecule has 6 rings (SSSR count). The molecule has 3 aromatic carbocycles. The number of halogens is 4. The summed E-state index contributed by atoms with van der Waals surface area (Å²) in [5, 5.41) is 1.67. The molecule has 0 fully saturated rings. The van der Waals surface area contributed by atoms with E-state index in [4.69, 9.17) is 0 Å². The molecule has 240 valence electrons. The van der Waals surface area contributed by atoms with Crippen molar-refractivity contribution in [2.24, 2.45) is 0 Å². The van der Waals surface area contributed by atoms with E-state index in [2.05, 4.69) is 56.5 Å². The summed E-state index contributed by atoms with van der Waals surface area (Å²) in [5.74, 6) is -2.09. The van der Waals surface area contributed by atoms with Crippen molar-refractivity contribution < 1.29 is 17.6 Å². The van der Waals surface area contributed by atoms with Crippen molar-refractivity contribution in [1.82, 2.24) is 15.0 Å². The van der Waals surface area contributed by atoms with E-state index in [9.17, 15) is 17.6 Å². The third-order valence-electron chi connectivity index (χ3n) is 7.39. The van der Waals surface area contributed by atoms with Crippen LogP contribution >= 0.6 is 0 Å².